The number of rotatable bonds is 3. The van der Waals surface area contributed by atoms with Crippen molar-refractivity contribution in [1.29, 1.82) is 5.26 Å². The third kappa shape index (κ3) is 3.88. The summed E-state index contributed by atoms with van der Waals surface area (Å²) in [5, 5.41) is 9.72. The summed E-state index contributed by atoms with van der Waals surface area (Å²) >= 11 is 3.55. The zero-order valence-corrected chi connectivity index (χ0v) is 18.7. The average Bonchev–Trinajstić information content (AvgIpc) is 2.83. The average molecular weight is 505 g/mol. The molecule has 3 aromatic rings. The van der Waals surface area contributed by atoms with E-state index in [4.69, 9.17) is 24.7 Å². The second-order valence-electron chi connectivity index (χ2n) is 7.43. The van der Waals surface area contributed by atoms with E-state index in [1.54, 1.807) is 36.4 Å². The van der Waals surface area contributed by atoms with Gasteiger partial charge in [-0.05, 0) is 29.8 Å². The topological polar surface area (TPSA) is 104 Å². The Kier molecular flexibility index (Phi) is 5.40. The maximum Gasteiger partial charge on any atom is 0.356 e. The second-order valence-corrected chi connectivity index (χ2v) is 8.29. The highest BCUT2D eigenvalue weighted by Crippen LogP contribution is 2.45. The van der Waals surface area contributed by atoms with E-state index in [9.17, 15) is 10.1 Å². The molecule has 2 heterocycles. The van der Waals surface area contributed by atoms with Crippen molar-refractivity contribution in [2.24, 2.45) is 5.73 Å². The van der Waals surface area contributed by atoms with Gasteiger partial charge in [0.2, 0.25) is 12.0 Å². The number of hydrogen-bond acceptors (Lipinski definition) is 7. The molecule has 0 saturated heterocycles. The molecular formula is C25H17BrN2O5. The minimum absolute atomic E-state index is 0.00912. The molecule has 3 aromatic carbocycles. The molecule has 0 amide bonds. The number of esters is 1. The van der Waals surface area contributed by atoms with Gasteiger partial charge in [0, 0.05) is 16.1 Å². The molecule has 0 radical (unpaired) electrons. The molecule has 0 bridgehead atoms. The van der Waals surface area contributed by atoms with Crippen molar-refractivity contribution in [3.63, 3.8) is 0 Å². The number of ether oxygens (including phenoxy) is 4. The summed E-state index contributed by atoms with van der Waals surface area (Å²) in [6, 6.07) is 21.9. The van der Waals surface area contributed by atoms with Gasteiger partial charge in [-0.15, -0.1) is 0 Å². The lowest BCUT2D eigenvalue weighted by Crippen LogP contribution is -2.39. The van der Waals surface area contributed by atoms with E-state index in [2.05, 4.69) is 22.0 Å². The third-order valence-corrected chi connectivity index (χ3v) is 6.12. The normalized spacial score (nSPS) is 18.5. The van der Waals surface area contributed by atoms with E-state index in [0.29, 0.717) is 22.8 Å². The first-order valence-electron chi connectivity index (χ1n) is 10.1. The van der Waals surface area contributed by atoms with Crippen molar-refractivity contribution < 1.29 is 23.7 Å². The standard InChI is InChI=1S/C25H17BrN2O5/c26-18-6-2-1-5-15(18)23-16-10-9-14(11-21(16)33-24(28)17(23)12-27)31-25(29)22-13-30-19-7-3-4-8-20(19)32-22/h1-11,22-23H,13,28H2. The maximum absolute atomic E-state index is 12.7. The Morgan fingerprint density at radius 3 is 2.58 bits per heavy atom. The Morgan fingerprint density at radius 2 is 1.79 bits per heavy atom. The lowest BCUT2D eigenvalue weighted by molar-refractivity contribution is -0.144. The molecule has 8 heteroatoms. The quantitative estimate of drug-likeness (QED) is 0.416. The van der Waals surface area contributed by atoms with Gasteiger partial charge in [-0.1, -0.05) is 52.3 Å². The predicted octanol–water partition coefficient (Wildman–Crippen LogP) is 4.41. The number of allylic oxidation sites excluding steroid dienone is 1. The summed E-state index contributed by atoms with van der Waals surface area (Å²) in [7, 11) is 0. The molecule has 2 atom stereocenters. The smallest absolute Gasteiger partial charge is 0.356 e. The number of benzene rings is 3. The first-order chi connectivity index (χ1) is 16.0. The van der Waals surface area contributed by atoms with Crippen LogP contribution in [0.2, 0.25) is 0 Å². The minimum atomic E-state index is -0.903. The zero-order valence-electron chi connectivity index (χ0n) is 17.2. The molecule has 33 heavy (non-hydrogen) atoms. The fraction of sp³-hybridized carbons (Fsp3) is 0.120. The number of nitrogens with zero attached hydrogens (tertiary/aromatic N) is 1. The number of nitriles is 1. The van der Waals surface area contributed by atoms with E-state index in [1.165, 1.54) is 0 Å². The first kappa shape index (κ1) is 20.9. The molecule has 2 N–H and O–H groups in total. The molecule has 0 aromatic heterocycles. The minimum Gasteiger partial charge on any atom is -0.485 e. The molecule has 2 aliphatic heterocycles. The predicted molar refractivity (Wildman–Crippen MR) is 122 cm³/mol. The highest BCUT2D eigenvalue weighted by molar-refractivity contribution is 9.10. The number of halogens is 1. The zero-order chi connectivity index (χ0) is 22.9. The van der Waals surface area contributed by atoms with Crippen molar-refractivity contribution in [3.8, 4) is 29.1 Å². The van der Waals surface area contributed by atoms with Gasteiger partial charge >= 0.3 is 5.97 Å². The summed E-state index contributed by atoms with van der Waals surface area (Å²) < 4.78 is 23.4. The third-order valence-electron chi connectivity index (χ3n) is 5.40. The summed E-state index contributed by atoms with van der Waals surface area (Å²) in [4.78, 5) is 12.7. The van der Waals surface area contributed by atoms with E-state index in [-0.39, 0.29) is 18.2 Å². The summed E-state index contributed by atoms with van der Waals surface area (Å²) in [5.74, 6) is 0.725. The molecule has 164 valence electrons. The number of nitrogens with two attached hydrogens (primary N) is 1. The van der Waals surface area contributed by atoms with Gasteiger partial charge in [0.15, 0.2) is 11.5 Å². The van der Waals surface area contributed by atoms with Crippen LogP contribution < -0.4 is 24.7 Å². The van der Waals surface area contributed by atoms with Crippen LogP contribution in [0.15, 0.2) is 82.7 Å². The van der Waals surface area contributed by atoms with Crippen LogP contribution in [0.4, 0.5) is 0 Å². The molecule has 0 fully saturated rings. The molecule has 2 unspecified atom stereocenters. The van der Waals surface area contributed by atoms with Crippen molar-refractivity contribution in [2.75, 3.05) is 6.61 Å². The van der Waals surface area contributed by atoms with Crippen molar-refractivity contribution >= 4 is 21.9 Å². The highest BCUT2D eigenvalue weighted by Gasteiger charge is 2.33. The molecular weight excluding hydrogens is 488 g/mol. The van der Waals surface area contributed by atoms with Crippen molar-refractivity contribution in [2.45, 2.75) is 12.0 Å². The lowest BCUT2D eigenvalue weighted by atomic mass is 9.83. The van der Waals surface area contributed by atoms with Gasteiger partial charge in [0.25, 0.3) is 0 Å². The van der Waals surface area contributed by atoms with Crippen LogP contribution in [-0.2, 0) is 4.79 Å². The molecule has 0 saturated carbocycles. The second kappa shape index (κ2) is 8.52. The van der Waals surface area contributed by atoms with E-state index in [0.717, 1.165) is 15.6 Å². The Hall–Kier alpha value is -3.96. The van der Waals surface area contributed by atoms with Crippen molar-refractivity contribution in [1.82, 2.24) is 0 Å². The Bertz CT molecular complexity index is 1330. The molecule has 0 aliphatic carbocycles. The SMILES string of the molecule is N#CC1=C(N)Oc2cc(OC(=O)C3COc4ccccc4O3)ccc2C1c1ccccc1Br. The van der Waals surface area contributed by atoms with Gasteiger partial charge in [-0.2, -0.15) is 5.26 Å². The monoisotopic (exact) mass is 504 g/mol. The van der Waals surface area contributed by atoms with Crippen LogP contribution in [0.3, 0.4) is 0 Å². The largest absolute Gasteiger partial charge is 0.485 e. The van der Waals surface area contributed by atoms with Gasteiger partial charge in [-0.3, -0.25) is 0 Å². The highest BCUT2D eigenvalue weighted by atomic mass is 79.9. The van der Waals surface area contributed by atoms with Gasteiger partial charge < -0.3 is 24.7 Å². The molecule has 7 nitrogen and oxygen atoms in total. The number of fused-ring (bicyclic) bond motifs is 2. The Balaban J connectivity index is 1.42. The van der Waals surface area contributed by atoms with Crippen LogP contribution in [0, 0.1) is 11.3 Å². The summed E-state index contributed by atoms with van der Waals surface area (Å²) in [5.41, 5.74) is 7.99. The molecule has 5 rings (SSSR count). The van der Waals surface area contributed by atoms with Crippen LogP contribution in [0.25, 0.3) is 0 Å². The fourth-order valence-corrected chi connectivity index (χ4v) is 4.36. The summed E-state index contributed by atoms with van der Waals surface area (Å²) in [6.07, 6.45) is -0.903. The maximum atomic E-state index is 12.7. The van der Waals surface area contributed by atoms with E-state index in [1.807, 2.05) is 30.3 Å². The van der Waals surface area contributed by atoms with Crippen LogP contribution in [0.5, 0.6) is 23.0 Å². The van der Waals surface area contributed by atoms with Gasteiger partial charge in [0.05, 0.1) is 5.92 Å². The molecule has 0 spiro atoms. The fourth-order valence-electron chi connectivity index (χ4n) is 3.85. The van der Waals surface area contributed by atoms with E-state index < -0.39 is 18.0 Å². The summed E-state index contributed by atoms with van der Waals surface area (Å²) in [6.45, 7) is 0.0443. The van der Waals surface area contributed by atoms with Crippen molar-refractivity contribution in [3.05, 3.63) is 93.8 Å². The van der Waals surface area contributed by atoms with Gasteiger partial charge in [0.1, 0.15) is 29.7 Å². The number of carbonyl (C=O) groups excluding carboxylic acids is 1. The number of hydrogen-bond donors (Lipinski definition) is 1. The van der Waals surface area contributed by atoms with Gasteiger partial charge in [-0.25, -0.2) is 4.79 Å². The number of carbonyl (C=O) groups is 1. The number of para-hydroxylation sites is 2. The first-order valence-corrected chi connectivity index (χ1v) is 10.9. The Labute approximate surface area is 198 Å². The Morgan fingerprint density at radius 1 is 1.03 bits per heavy atom. The molecule has 2 aliphatic rings. The van der Waals surface area contributed by atoms with Crippen LogP contribution in [-0.4, -0.2) is 18.7 Å². The lowest BCUT2D eigenvalue weighted by Gasteiger charge is -2.28. The van der Waals surface area contributed by atoms with E-state index >= 15 is 0 Å². The van der Waals surface area contributed by atoms with Crippen LogP contribution in [0.1, 0.15) is 17.0 Å². The van der Waals surface area contributed by atoms with Crippen LogP contribution >= 0.6 is 15.9 Å².